The summed E-state index contributed by atoms with van der Waals surface area (Å²) in [6, 6.07) is 4.99. The van der Waals surface area contributed by atoms with Crippen molar-refractivity contribution in [2.24, 2.45) is 5.92 Å². The third-order valence-electron chi connectivity index (χ3n) is 6.02. The second-order valence-corrected chi connectivity index (χ2v) is 8.78. The van der Waals surface area contributed by atoms with Crippen LogP contribution < -0.4 is 9.47 Å². The van der Waals surface area contributed by atoms with Crippen LogP contribution in [0.1, 0.15) is 5.56 Å². The first-order chi connectivity index (χ1) is 13.7. The molecule has 12 nitrogen and oxygen atoms in total. The van der Waals surface area contributed by atoms with E-state index in [0.29, 0.717) is 12.2 Å². The third-order valence-corrected chi connectivity index (χ3v) is 6.74. The summed E-state index contributed by atoms with van der Waals surface area (Å²) in [5, 5.41) is 11.1. The Labute approximate surface area is 177 Å². The van der Waals surface area contributed by atoms with Crippen molar-refractivity contribution in [3.8, 4) is 11.5 Å². The van der Waals surface area contributed by atoms with E-state index in [4.69, 9.17) is 18.5 Å². The number of aliphatic hydroxyl groups is 1. The molecule has 3 aliphatic heterocycles. The molecule has 0 saturated carbocycles. The molecule has 0 amide bonds. The van der Waals surface area contributed by atoms with Crippen LogP contribution in [0.5, 0.6) is 11.5 Å². The summed E-state index contributed by atoms with van der Waals surface area (Å²) >= 11 is 0. The molecular formula is C18H23NO11S. The van der Waals surface area contributed by atoms with E-state index in [1.54, 1.807) is 19.2 Å². The summed E-state index contributed by atoms with van der Waals surface area (Å²) in [6.45, 7) is -0.104. The molecule has 172 valence electrons. The Morgan fingerprint density at radius 2 is 2.03 bits per heavy atom. The lowest BCUT2D eigenvalue weighted by molar-refractivity contribution is -0.369. The molecule has 1 aromatic rings. The van der Waals surface area contributed by atoms with Crippen molar-refractivity contribution in [1.82, 2.24) is 4.90 Å². The number of ether oxygens (including phenoxy) is 2. The number of carbonyl (C=O) groups is 1. The molecule has 2 fully saturated rings. The van der Waals surface area contributed by atoms with Crippen LogP contribution in [-0.4, -0.2) is 79.4 Å². The number of ketones is 1. The fourth-order valence-electron chi connectivity index (χ4n) is 4.70. The Morgan fingerprint density at radius 1 is 1.29 bits per heavy atom. The summed E-state index contributed by atoms with van der Waals surface area (Å²) in [7, 11) is -1.54. The number of hydrogen-bond donors (Lipinski definition) is 1. The van der Waals surface area contributed by atoms with Gasteiger partial charge in [-0.1, -0.05) is 16.5 Å². The van der Waals surface area contributed by atoms with Gasteiger partial charge in [-0.25, -0.2) is 4.18 Å². The SMILES string of the molecule is COc1ccc2cc1O[C@@H]1[C@@]34OS(=O)(=O)OO[C@@]1(O)C=C[C@@H]3[C@@H](C2)N(C)CC4=O.O.O. The smallest absolute Gasteiger partial charge is 0.427 e. The highest BCUT2D eigenvalue weighted by Gasteiger charge is 2.71. The van der Waals surface area contributed by atoms with Gasteiger partial charge < -0.3 is 25.5 Å². The van der Waals surface area contributed by atoms with Gasteiger partial charge in [0.25, 0.3) is 5.79 Å². The number of methoxy groups -OCH3 is 1. The van der Waals surface area contributed by atoms with Crippen molar-refractivity contribution in [3.63, 3.8) is 0 Å². The molecule has 5 N–H and O–H groups in total. The van der Waals surface area contributed by atoms with Crippen LogP contribution in [0.3, 0.4) is 0 Å². The Morgan fingerprint density at radius 3 is 2.74 bits per heavy atom. The maximum Gasteiger partial charge on any atom is 0.427 e. The van der Waals surface area contributed by atoms with Gasteiger partial charge in [0.2, 0.25) is 0 Å². The fourth-order valence-corrected chi connectivity index (χ4v) is 5.55. The highest BCUT2D eigenvalue weighted by Crippen LogP contribution is 2.51. The lowest BCUT2D eigenvalue weighted by Crippen LogP contribution is -2.74. The molecule has 7 bridgehead atoms. The van der Waals surface area contributed by atoms with Crippen LogP contribution in [0.2, 0.25) is 0 Å². The minimum absolute atomic E-state index is 0. The number of benzene rings is 1. The van der Waals surface area contributed by atoms with Crippen molar-refractivity contribution in [2.75, 3.05) is 20.7 Å². The molecule has 1 aromatic carbocycles. The minimum Gasteiger partial charge on any atom is -0.493 e. The first-order valence-corrected chi connectivity index (χ1v) is 10.3. The van der Waals surface area contributed by atoms with Crippen LogP contribution >= 0.6 is 0 Å². The summed E-state index contributed by atoms with van der Waals surface area (Å²) in [4.78, 5) is 20.0. The Balaban J connectivity index is 0.00000136. The number of rotatable bonds is 1. The maximum atomic E-state index is 13.3. The topological polar surface area (TPSA) is 184 Å². The normalized spacial score (nSPS) is 37.5. The molecule has 0 aromatic heterocycles. The van der Waals surface area contributed by atoms with E-state index in [1.807, 2.05) is 11.0 Å². The zero-order chi connectivity index (χ0) is 20.6. The average molecular weight is 461 g/mol. The van der Waals surface area contributed by atoms with Crippen LogP contribution in [0.15, 0.2) is 30.4 Å². The van der Waals surface area contributed by atoms with Crippen LogP contribution in [-0.2, 0) is 35.0 Å². The van der Waals surface area contributed by atoms with Crippen LogP contribution in [0.25, 0.3) is 0 Å². The van der Waals surface area contributed by atoms with Gasteiger partial charge in [-0.2, -0.15) is 13.3 Å². The molecule has 0 unspecified atom stereocenters. The first-order valence-electron chi connectivity index (χ1n) is 9.00. The van der Waals surface area contributed by atoms with Gasteiger partial charge in [0.15, 0.2) is 29.0 Å². The number of nitrogens with zero attached hydrogens (tertiary/aromatic N) is 1. The summed E-state index contributed by atoms with van der Waals surface area (Å²) in [5.74, 6) is -3.14. The molecule has 31 heavy (non-hydrogen) atoms. The van der Waals surface area contributed by atoms with Crippen molar-refractivity contribution >= 4 is 16.2 Å². The van der Waals surface area contributed by atoms with E-state index in [9.17, 15) is 18.3 Å². The quantitative estimate of drug-likeness (QED) is 0.365. The molecule has 1 spiro atoms. The average Bonchev–Trinajstić information content (AvgIpc) is 2.70. The lowest BCUT2D eigenvalue weighted by Gasteiger charge is -2.53. The Hall–Kier alpha value is -2.10. The van der Waals surface area contributed by atoms with Gasteiger partial charge in [-0.3, -0.25) is 9.69 Å². The van der Waals surface area contributed by atoms with E-state index in [-0.39, 0.29) is 29.3 Å². The Kier molecular flexibility index (Phi) is 5.70. The highest BCUT2D eigenvalue weighted by atomic mass is 32.3. The molecule has 5 rings (SSSR count). The molecule has 4 aliphatic rings. The van der Waals surface area contributed by atoms with Crippen molar-refractivity contribution in [1.29, 1.82) is 0 Å². The van der Waals surface area contributed by atoms with E-state index >= 15 is 0 Å². The third kappa shape index (κ3) is 3.25. The van der Waals surface area contributed by atoms with E-state index in [0.717, 1.165) is 5.56 Å². The number of likely N-dealkylation sites (tertiary alicyclic amines) is 1. The highest BCUT2D eigenvalue weighted by molar-refractivity contribution is 7.81. The van der Waals surface area contributed by atoms with Crippen LogP contribution in [0, 0.1) is 5.92 Å². The molecule has 5 atom stereocenters. The number of hydrogen-bond acceptors (Lipinski definition) is 10. The molecule has 2 saturated heterocycles. The monoisotopic (exact) mass is 461 g/mol. The lowest BCUT2D eigenvalue weighted by atomic mass is 9.65. The number of Topliss-reactive ketones (excluding diaryl/α,β-unsaturated/α-hetero) is 1. The van der Waals surface area contributed by atoms with E-state index < -0.39 is 39.6 Å². The van der Waals surface area contributed by atoms with Crippen LogP contribution in [0.4, 0.5) is 0 Å². The molecule has 1 aliphatic carbocycles. The summed E-state index contributed by atoms with van der Waals surface area (Å²) in [6.07, 6.45) is 1.70. The second kappa shape index (κ2) is 7.50. The molecule has 3 heterocycles. The van der Waals surface area contributed by atoms with E-state index in [2.05, 4.69) is 4.33 Å². The number of piperidine rings is 1. The Bertz CT molecular complexity index is 1030. The predicted molar refractivity (Wildman–Crippen MR) is 102 cm³/mol. The van der Waals surface area contributed by atoms with Gasteiger partial charge in [-0.15, -0.1) is 0 Å². The van der Waals surface area contributed by atoms with Gasteiger partial charge in [-0.05, 0) is 37.2 Å². The predicted octanol–water partition coefficient (Wildman–Crippen LogP) is -1.93. The van der Waals surface area contributed by atoms with Crippen molar-refractivity contribution in [3.05, 3.63) is 35.9 Å². The standard InChI is InChI=1S/C18H19NO9S.2H2O/c1-19-9-15(20)18-11-5-6-17(21,26-28-29(22,23)27-18)16(18)25-14-8-10(7-12(11)19)3-4-13(14)24-2;;/h3-6,8,11-12,16,21H,7,9H2,1-2H3;2*1H2/t11-,12-,16+,17+,18-;;/m1../s1. The first kappa shape index (κ1) is 23.6. The number of fused-ring (bicyclic) bond motifs is 2. The van der Waals surface area contributed by atoms with Gasteiger partial charge >= 0.3 is 10.4 Å². The number of likely N-dealkylation sites (N-methyl/N-ethyl adjacent to an activating group) is 1. The zero-order valence-electron chi connectivity index (χ0n) is 16.6. The minimum atomic E-state index is -4.77. The largest absolute Gasteiger partial charge is 0.493 e. The fraction of sp³-hybridized carbons (Fsp3) is 0.500. The zero-order valence-corrected chi connectivity index (χ0v) is 17.4. The number of carbonyl (C=O) groups excluding carboxylic acids is 1. The second-order valence-electron chi connectivity index (χ2n) is 7.67. The van der Waals surface area contributed by atoms with Gasteiger partial charge in [0.05, 0.1) is 13.7 Å². The van der Waals surface area contributed by atoms with Crippen molar-refractivity contribution in [2.45, 2.75) is 30.0 Å². The van der Waals surface area contributed by atoms with E-state index in [1.165, 1.54) is 19.3 Å². The molecule has 13 heteroatoms. The summed E-state index contributed by atoms with van der Waals surface area (Å²) in [5.41, 5.74) is -1.18. The maximum absolute atomic E-state index is 13.3. The summed E-state index contributed by atoms with van der Waals surface area (Å²) < 4.78 is 45.8. The van der Waals surface area contributed by atoms with Crippen molar-refractivity contribution < 1.29 is 52.1 Å². The van der Waals surface area contributed by atoms with Gasteiger partial charge in [0.1, 0.15) is 0 Å². The van der Waals surface area contributed by atoms with Gasteiger partial charge in [0, 0.05) is 12.0 Å². The molecular weight excluding hydrogens is 438 g/mol. The molecule has 0 radical (unpaired) electrons.